The van der Waals surface area contributed by atoms with Crippen molar-refractivity contribution in [2.24, 2.45) is 17.8 Å². The topological polar surface area (TPSA) is 77.5 Å². The maximum Gasteiger partial charge on any atom is 0.193 e. The Morgan fingerprint density at radius 3 is 2.95 bits per heavy atom. The first-order chi connectivity index (χ1) is 9.60. The molecule has 3 N–H and O–H groups in total. The van der Waals surface area contributed by atoms with Crippen LogP contribution in [0, 0.1) is 6.92 Å². The monoisotopic (exact) mass is 273 g/mol. The minimum absolute atomic E-state index is 0.363. The highest BCUT2D eigenvalue weighted by Crippen LogP contribution is 2.16. The number of ether oxygens (including phenoxy) is 1. The molecule has 106 valence electrons. The molecule has 0 bridgehead atoms. The third-order valence-corrected chi connectivity index (χ3v) is 3.10. The van der Waals surface area contributed by atoms with E-state index < -0.39 is 0 Å². The van der Waals surface area contributed by atoms with Gasteiger partial charge in [0, 0.05) is 30.1 Å². The van der Waals surface area contributed by atoms with E-state index in [0.29, 0.717) is 12.5 Å². The van der Waals surface area contributed by atoms with Gasteiger partial charge in [-0.05, 0) is 19.1 Å². The van der Waals surface area contributed by atoms with E-state index >= 15 is 0 Å². The van der Waals surface area contributed by atoms with Gasteiger partial charge in [0.05, 0.1) is 19.9 Å². The summed E-state index contributed by atoms with van der Waals surface area (Å²) in [6.07, 6.45) is 1.80. The van der Waals surface area contributed by atoms with Crippen LogP contribution in [0.3, 0.4) is 0 Å². The van der Waals surface area contributed by atoms with Crippen LogP contribution in [0.15, 0.2) is 35.5 Å². The summed E-state index contributed by atoms with van der Waals surface area (Å²) in [5.74, 6) is 1.13. The molecule has 1 aromatic heterocycles. The predicted molar refractivity (Wildman–Crippen MR) is 79.9 cm³/mol. The SMILES string of the molecule is COc1cccc(NC(N)=NCc2cnn(C)c2C)c1. The van der Waals surface area contributed by atoms with Crippen LogP contribution in [-0.4, -0.2) is 22.8 Å². The van der Waals surface area contributed by atoms with Crippen LogP contribution in [0.5, 0.6) is 5.75 Å². The zero-order valence-corrected chi connectivity index (χ0v) is 11.9. The van der Waals surface area contributed by atoms with Crippen LogP contribution in [0.1, 0.15) is 11.3 Å². The van der Waals surface area contributed by atoms with Crippen LogP contribution in [0.25, 0.3) is 0 Å². The minimum Gasteiger partial charge on any atom is -0.497 e. The van der Waals surface area contributed by atoms with Gasteiger partial charge < -0.3 is 15.8 Å². The molecule has 0 unspecified atom stereocenters. The number of anilines is 1. The van der Waals surface area contributed by atoms with E-state index in [1.54, 1.807) is 13.3 Å². The molecule has 0 atom stereocenters. The first-order valence-corrected chi connectivity index (χ1v) is 6.28. The lowest BCUT2D eigenvalue weighted by Crippen LogP contribution is -2.22. The maximum atomic E-state index is 5.87. The highest BCUT2D eigenvalue weighted by atomic mass is 16.5. The molecule has 0 saturated heterocycles. The summed E-state index contributed by atoms with van der Waals surface area (Å²) in [6, 6.07) is 7.52. The van der Waals surface area contributed by atoms with Gasteiger partial charge in [-0.25, -0.2) is 4.99 Å². The zero-order valence-electron chi connectivity index (χ0n) is 11.9. The van der Waals surface area contributed by atoms with E-state index in [0.717, 1.165) is 22.7 Å². The van der Waals surface area contributed by atoms with E-state index in [4.69, 9.17) is 10.5 Å². The molecule has 20 heavy (non-hydrogen) atoms. The van der Waals surface area contributed by atoms with Crippen molar-refractivity contribution in [1.82, 2.24) is 9.78 Å². The van der Waals surface area contributed by atoms with Crippen molar-refractivity contribution in [3.8, 4) is 5.75 Å². The van der Waals surface area contributed by atoms with Crippen molar-refractivity contribution in [2.45, 2.75) is 13.5 Å². The van der Waals surface area contributed by atoms with E-state index in [1.807, 2.05) is 42.9 Å². The van der Waals surface area contributed by atoms with E-state index in [-0.39, 0.29) is 0 Å². The van der Waals surface area contributed by atoms with Gasteiger partial charge in [0.25, 0.3) is 0 Å². The number of nitrogens with zero attached hydrogens (tertiary/aromatic N) is 3. The molecule has 0 radical (unpaired) electrons. The highest BCUT2D eigenvalue weighted by Gasteiger charge is 2.03. The third-order valence-electron chi connectivity index (χ3n) is 3.10. The number of hydrogen-bond donors (Lipinski definition) is 2. The number of aryl methyl sites for hydroxylation is 1. The van der Waals surface area contributed by atoms with E-state index in [1.165, 1.54) is 0 Å². The maximum absolute atomic E-state index is 5.87. The quantitative estimate of drug-likeness (QED) is 0.656. The summed E-state index contributed by atoms with van der Waals surface area (Å²) in [4.78, 5) is 4.31. The van der Waals surface area contributed by atoms with Crippen molar-refractivity contribution >= 4 is 11.6 Å². The number of methoxy groups -OCH3 is 1. The molecular formula is C14H19N5O. The summed E-state index contributed by atoms with van der Waals surface area (Å²) < 4.78 is 6.97. The second-order valence-corrected chi connectivity index (χ2v) is 4.44. The van der Waals surface area contributed by atoms with Crippen molar-refractivity contribution in [3.05, 3.63) is 41.7 Å². The standard InChI is InChI=1S/C14H19N5O/c1-10-11(9-17-19(10)2)8-16-14(15)18-12-5-4-6-13(7-12)20-3/h4-7,9H,8H2,1-3H3,(H3,15,16,18). The Morgan fingerprint density at radius 1 is 1.50 bits per heavy atom. The fourth-order valence-corrected chi connectivity index (χ4v) is 1.76. The number of hydrogen-bond acceptors (Lipinski definition) is 3. The number of aliphatic imine (C=N–C) groups is 1. The summed E-state index contributed by atoms with van der Waals surface area (Å²) in [6.45, 7) is 2.51. The second-order valence-electron chi connectivity index (χ2n) is 4.44. The molecule has 1 aromatic carbocycles. The molecular weight excluding hydrogens is 254 g/mol. The summed E-state index contributed by atoms with van der Waals surface area (Å²) in [5, 5.41) is 7.20. The van der Waals surface area contributed by atoms with Gasteiger partial charge in [-0.1, -0.05) is 6.07 Å². The Balaban J connectivity index is 2.02. The summed E-state index contributed by atoms with van der Waals surface area (Å²) >= 11 is 0. The van der Waals surface area contributed by atoms with Crippen molar-refractivity contribution in [3.63, 3.8) is 0 Å². The molecule has 2 rings (SSSR count). The number of nitrogens with two attached hydrogens (primary N) is 1. The van der Waals surface area contributed by atoms with Gasteiger partial charge in [0.1, 0.15) is 5.75 Å². The number of nitrogens with one attached hydrogen (secondary N) is 1. The van der Waals surface area contributed by atoms with Gasteiger partial charge >= 0.3 is 0 Å². The first-order valence-electron chi connectivity index (χ1n) is 6.28. The van der Waals surface area contributed by atoms with Crippen molar-refractivity contribution < 1.29 is 4.74 Å². The zero-order chi connectivity index (χ0) is 14.5. The Kier molecular flexibility index (Phi) is 4.24. The van der Waals surface area contributed by atoms with Crippen molar-refractivity contribution in [1.29, 1.82) is 0 Å². The molecule has 0 spiro atoms. The Morgan fingerprint density at radius 2 is 2.30 bits per heavy atom. The molecule has 6 heteroatoms. The molecule has 0 amide bonds. The molecule has 1 heterocycles. The number of benzene rings is 1. The molecule has 2 aromatic rings. The lowest BCUT2D eigenvalue weighted by Gasteiger charge is -2.07. The first kappa shape index (κ1) is 13.9. The fraction of sp³-hybridized carbons (Fsp3) is 0.286. The Hall–Kier alpha value is -2.50. The summed E-state index contributed by atoms with van der Waals surface area (Å²) in [7, 11) is 3.53. The van der Waals surface area contributed by atoms with E-state index in [2.05, 4.69) is 15.4 Å². The average molecular weight is 273 g/mol. The predicted octanol–water partition coefficient (Wildman–Crippen LogP) is 1.66. The van der Waals surface area contributed by atoms with Gasteiger partial charge in [-0.3, -0.25) is 4.68 Å². The fourth-order valence-electron chi connectivity index (χ4n) is 1.76. The Labute approximate surface area is 118 Å². The number of guanidine groups is 1. The molecule has 0 aliphatic heterocycles. The molecule has 0 aliphatic carbocycles. The Bertz CT molecular complexity index is 618. The highest BCUT2D eigenvalue weighted by molar-refractivity contribution is 5.92. The van der Waals surface area contributed by atoms with E-state index in [9.17, 15) is 0 Å². The van der Waals surface area contributed by atoms with Gasteiger partial charge in [-0.15, -0.1) is 0 Å². The van der Waals surface area contributed by atoms with Crippen LogP contribution < -0.4 is 15.8 Å². The van der Waals surface area contributed by atoms with Crippen LogP contribution in [-0.2, 0) is 13.6 Å². The number of rotatable bonds is 4. The molecule has 0 aliphatic rings. The van der Waals surface area contributed by atoms with Gasteiger partial charge in [0.2, 0.25) is 0 Å². The molecule has 0 fully saturated rings. The number of aromatic nitrogens is 2. The van der Waals surface area contributed by atoms with Crippen molar-refractivity contribution in [2.75, 3.05) is 12.4 Å². The van der Waals surface area contributed by atoms with Gasteiger partial charge in [-0.2, -0.15) is 5.10 Å². The molecule has 6 nitrogen and oxygen atoms in total. The average Bonchev–Trinajstić information content (AvgIpc) is 2.77. The smallest absolute Gasteiger partial charge is 0.193 e. The van der Waals surface area contributed by atoms with Crippen LogP contribution in [0.4, 0.5) is 5.69 Å². The summed E-state index contributed by atoms with van der Waals surface area (Å²) in [5.41, 5.74) is 8.86. The second kappa shape index (κ2) is 6.10. The minimum atomic E-state index is 0.363. The van der Waals surface area contributed by atoms with Crippen LogP contribution in [0.2, 0.25) is 0 Å². The largest absolute Gasteiger partial charge is 0.497 e. The van der Waals surface area contributed by atoms with Gasteiger partial charge in [0.15, 0.2) is 5.96 Å². The lowest BCUT2D eigenvalue weighted by molar-refractivity contribution is 0.415. The lowest BCUT2D eigenvalue weighted by atomic mass is 10.3. The van der Waals surface area contributed by atoms with Crippen LogP contribution >= 0.6 is 0 Å². The normalized spacial score (nSPS) is 11.4. The third kappa shape index (κ3) is 3.28. The molecule has 0 saturated carbocycles.